The lowest BCUT2D eigenvalue weighted by Gasteiger charge is -2.47. The Morgan fingerprint density at radius 2 is 1.39 bits per heavy atom. The average Bonchev–Trinajstić information content (AvgIpc) is 3.20. The fourth-order valence-corrected chi connectivity index (χ4v) is 7.37. The highest BCUT2D eigenvalue weighted by atomic mass is 16.3. The first kappa shape index (κ1) is 37.9. The van der Waals surface area contributed by atoms with Crippen LogP contribution in [0.3, 0.4) is 0 Å². The van der Waals surface area contributed by atoms with Crippen LogP contribution in [0.2, 0.25) is 0 Å². The quantitative estimate of drug-likeness (QED) is 0.333. The van der Waals surface area contributed by atoms with Gasteiger partial charge in [0, 0.05) is 24.2 Å². The number of nitrogens with two attached hydrogens (primary N) is 1. The molecule has 3 nitrogen and oxygen atoms in total. The summed E-state index contributed by atoms with van der Waals surface area (Å²) in [5.74, 6) is 4.47. The van der Waals surface area contributed by atoms with Gasteiger partial charge in [-0.25, -0.2) is 0 Å². The maximum absolute atomic E-state index is 8.85. The molecule has 0 heterocycles. The smallest absolute Gasteiger partial charge is 0.0499 e. The number of hydrogen-bond donors (Lipinski definition) is 3. The number of hydrogen-bond acceptors (Lipinski definition) is 3. The van der Waals surface area contributed by atoms with Crippen molar-refractivity contribution in [1.29, 1.82) is 0 Å². The van der Waals surface area contributed by atoms with Gasteiger partial charge in [0.1, 0.15) is 0 Å². The summed E-state index contributed by atoms with van der Waals surface area (Å²) in [6.45, 7) is 26.5. The second kappa shape index (κ2) is 17.0. The van der Waals surface area contributed by atoms with E-state index in [1.165, 1.54) is 77.0 Å². The highest BCUT2D eigenvalue weighted by Gasteiger charge is 2.48. The summed E-state index contributed by atoms with van der Waals surface area (Å²) in [5.41, 5.74) is 6.61. The Hall–Kier alpha value is -0.120. The minimum absolute atomic E-state index is 0.135. The molecule has 6 atom stereocenters. The normalized spacial score (nSPS) is 33.8. The fourth-order valence-electron chi connectivity index (χ4n) is 7.37. The maximum atomic E-state index is 8.85. The van der Waals surface area contributed by atoms with Crippen molar-refractivity contribution in [2.45, 2.75) is 166 Å². The maximum Gasteiger partial charge on any atom is 0.0499 e. The monoisotopic (exact) mass is 540 g/mol. The Morgan fingerprint density at radius 3 is 1.84 bits per heavy atom. The SMILES string of the molecule is CC.CC(C)(N)C(C)(C)CO.CC(C)CO.CC[C@H]1CCC2C(C)CCC3CCCC[C@]3(C)CCC[C@@]21C. The molecule has 3 heteroatoms. The van der Waals surface area contributed by atoms with Crippen LogP contribution in [0.25, 0.3) is 0 Å². The zero-order chi connectivity index (χ0) is 29.8. The number of aliphatic hydroxyl groups is 2. The predicted octanol–water partition coefficient (Wildman–Crippen LogP) is 9.63. The van der Waals surface area contributed by atoms with Crippen LogP contribution in [0.15, 0.2) is 0 Å². The van der Waals surface area contributed by atoms with E-state index in [-0.39, 0.29) is 17.6 Å². The van der Waals surface area contributed by atoms with Gasteiger partial charge in [-0.3, -0.25) is 0 Å². The minimum Gasteiger partial charge on any atom is -0.396 e. The van der Waals surface area contributed by atoms with Gasteiger partial charge in [-0.1, -0.05) is 101 Å². The second-order valence-electron chi connectivity index (χ2n) is 15.1. The van der Waals surface area contributed by atoms with Crippen molar-refractivity contribution in [3.05, 3.63) is 0 Å². The summed E-state index contributed by atoms with van der Waals surface area (Å²) in [4.78, 5) is 0. The van der Waals surface area contributed by atoms with Gasteiger partial charge in [0.25, 0.3) is 0 Å². The summed E-state index contributed by atoms with van der Waals surface area (Å²) >= 11 is 0. The Labute approximate surface area is 240 Å². The van der Waals surface area contributed by atoms with E-state index in [4.69, 9.17) is 15.9 Å². The molecule has 0 aromatic heterocycles. The molecule has 3 aliphatic carbocycles. The molecule has 3 unspecified atom stereocenters. The Kier molecular flexibility index (Phi) is 16.9. The average molecular weight is 540 g/mol. The summed E-state index contributed by atoms with van der Waals surface area (Å²) < 4.78 is 0. The zero-order valence-corrected chi connectivity index (χ0v) is 28.3. The molecular formula is C35H73NO2. The van der Waals surface area contributed by atoms with Crippen LogP contribution >= 0.6 is 0 Å². The third-order valence-corrected chi connectivity index (χ3v) is 11.3. The van der Waals surface area contributed by atoms with Crippen molar-refractivity contribution >= 4 is 0 Å². The van der Waals surface area contributed by atoms with Gasteiger partial charge in [-0.2, -0.15) is 0 Å². The first-order valence-corrected chi connectivity index (χ1v) is 16.6. The Morgan fingerprint density at radius 1 is 0.842 bits per heavy atom. The van der Waals surface area contributed by atoms with E-state index >= 15 is 0 Å². The van der Waals surface area contributed by atoms with E-state index < -0.39 is 0 Å². The van der Waals surface area contributed by atoms with Crippen LogP contribution in [0.4, 0.5) is 0 Å². The van der Waals surface area contributed by atoms with Crippen LogP contribution in [0.1, 0.15) is 160 Å². The third-order valence-electron chi connectivity index (χ3n) is 11.3. The van der Waals surface area contributed by atoms with Gasteiger partial charge < -0.3 is 15.9 Å². The van der Waals surface area contributed by atoms with Crippen LogP contribution in [0, 0.1) is 45.8 Å². The van der Waals surface area contributed by atoms with E-state index in [1.807, 2.05) is 55.4 Å². The molecule has 0 spiro atoms. The molecule has 4 N–H and O–H groups in total. The number of rotatable bonds is 4. The van der Waals surface area contributed by atoms with E-state index in [0.29, 0.717) is 23.4 Å². The van der Waals surface area contributed by atoms with Crippen molar-refractivity contribution in [2.75, 3.05) is 13.2 Å². The molecular weight excluding hydrogens is 466 g/mol. The molecule has 3 saturated carbocycles. The van der Waals surface area contributed by atoms with Crippen molar-refractivity contribution < 1.29 is 10.2 Å². The minimum atomic E-state index is -0.304. The molecule has 230 valence electrons. The van der Waals surface area contributed by atoms with Gasteiger partial charge in [0.2, 0.25) is 0 Å². The summed E-state index contributed by atoms with van der Waals surface area (Å²) in [6, 6.07) is 0. The fraction of sp³-hybridized carbons (Fsp3) is 1.00. The van der Waals surface area contributed by atoms with Crippen molar-refractivity contribution in [3.63, 3.8) is 0 Å². The van der Waals surface area contributed by atoms with Gasteiger partial charge in [0.05, 0.1) is 0 Å². The Bertz CT molecular complexity index is 610. The second-order valence-corrected chi connectivity index (χ2v) is 15.1. The summed E-state index contributed by atoms with van der Waals surface area (Å²) in [7, 11) is 0. The molecule has 3 rings (SSSR count). The summed E-state index contributed by atoms with van der Waals surface area (Å²) in [5, 5.41) is 17.0. The van der Waals surface area contributed by atoms with Crippen LogP contribution in [0.5, 0.6) is 0 Å². The first-order chi connectivity index (χ1) is 17.6. The standard InChI is InChI=1S/C22H40.C7H17NO.C4H10O.C2H6/c1-5-18-12-13-20-17(2)10-11-19-9-6-7-14-21(19,3)15-8-16-22(18,20)4;1-6(2,5-9)7(3,4)8;1-4(2)3-5;1-2/h17-20H,5-16H2,1-4H3;9H,5,8H2,1-4H3;4-5H,3H2,1-2H3;1-2H3/t17?,18-,19?,20?,21+,22+;;;/m0.../s1. The molecule has 0 aliphatic heterocycles. The first-order valence-electron chi connectivity index (χ1n) is 16.6. The molecule has 38 heavy (non-hydrogen) atoms. The molecule has 3 fully saturated rings. The van der Waals surface area contributed by atoms with Crippen LogP contribution in [-0.4, -0.2) is 29.0 Å². The van der Waals surface area contributed by atoms with Gasteiger partial charge >= 0.3 is 0 Å². The van der Waals surface area contributed by atoms with Crippen molar-refractivity contribution in [1.82, 2.24) is 0 Å². The lowest BCUT2D eigenvalue weighted by atomic mass is 9.59. The zero-order valence-electron chi connectivity index (χ0n) is 28.3. The molecule has 0 bridgehead atoms. The lowest BCUT2D eigenvalue weighted by molar-refractivity contribution is 0.0373. The van der Waals surface area contributed by atoms with Gasteiger partial charge in [-0.15, -0.1) is 0 Å². The van der Waals surface area contributed by atoms with Crippen molar-refractivity contribution in [3.8, 4) is 0 Å². The van der Waals surface area contributed by atoms with E-state index in [9.17, 15) is 0 Å². The molecule has 3 aliphatic rings. The van der Waals surface area contributed by atoms with Crippen LogP contribution < -0.4 is 5.73 Å². The number of fused-ring (bicyclic) bond motifs is 2. The van der Waals surface area contributed by atoms with E-state index in [1.54, 1.807) is 0 Å². The highest BCUT2D eigenvalue weighted by molar-refractivity contribution is 4.98. The third kappa shape index (κ3) is 10.7. The Balaban J connectivity index is 0.000000712. The highest BCUT2D eigenvalue weighted by Crippen LogP contribution is 2.58. The van der Waals surface area contributed by atoms with Gasteiger partial charge in [-0.05, 0) is 99.2 Å². The summed E-state index contributed by atoms with van der Waals surface area (Å²) in [6.07, 6.45) is 18.1. The van der Waals surface area contributed by atoms with Crippen molar-refractivity contribution in [2.24, 2.45) is 51.6 Å². The van der Waals surface area contributed by atoms with Gasteiger partial charge in [0.15, 0.2) is 0 Å². The predicted molar refractivity (Wildman–Crippen MR) is 169 cm³/mol. The molecule has 0 radical (unpaired) electrons. The molecule has 0 saturated heterocycles. The topological polar surface area (TPSA) is 66.5 Å². The molecule has 0 aromatic rings. The lowest BCUT2D eigenvalue weighted by Crippen LogP contribution is -2.49. The van der Waals surface area contributed by atoms with E-state index in [0.717, 1.165) is 23.7 Å². The van der Waals surface area contributed by atoms with Crippen LogP contribution in [-0.2, 0) is 0 Å². The largest absolute Gasteiger partial charge is 0.396 e. The van der Waals surface area contributed by atoms with E-state index in [2.05, 4.69) is 27.7 Å². The number of aliphatic hydroxyl groups excluding tert-OH is 2. The molecule has 0 aromatic carbocycles. The molecule has 0 amide bonds.